The highest BCUT2D eigenvalue weighted by Gasteiger charge is 1.89. The second-order valence-electron chi connectivity index (χ2n) is 2.66. The van der Waals surface area contributed by atoms with E-state index < -0.39 is 0 Å². The monoisotopic (exact) mass is 212 g/mol. The molecular formula is C11H13ClS. The molecule has 0 unspecified atom stereocenters. The van der Waals surface area contributed by atoms with Crippen molar-refractivity contribution in [1.29, 1.82) is 0 Å². The van der Waals surface area contributed by atoms with E-state index in [1.54, 1.807) is 11.8 Å². The zero-order valence-corrected chi connectivity index (χ0v) is 9.24. The van der Waals surface area contributed by atoms with Gasteiger partial charge in [-0.05, 0) is 30.4 Å². The Morgan fingerprint density at radius 3 is 3.00 bits per heavy atom. The SMILES string of the molecule is CSc1cccc(C=CCCCl)c1. The molecule has 0 spiro atoms. The van der Waals surface area contributed by atoms with Crippen molar-refractivity contribution in [2.75, 3.05) is 12.1 Å². The fraction of sp³-hybridized carbons (Fsp3) is 0.273. The summed E-state index contributed by atoms with van der Waals surface area (Å²) in [6, 6.07) is 8.47. The first-order chi connectivity index (χ1) is 6.36. The van der Waals surface area contributed by atoms with Crippen LogP contribution in [-0.2, 0) is 0 Å². The molecule has 0 nitrogen and oxygen atoms in total. The van der Waals surface area contributed by atoms with E-state index in [4.69, 9.17) is 11.6 Å². The predicted molar refractivity (Wildman–Crippen MR) is 62.6 cm³/mol. The molecule has 1 aromatic rings. The van der Waals surface area contributed by atoms with Gasteiger partial charge in [0.05, 0.1) is 0 Å². The first kappa shape index (κ1) is 10.7. The first-order valence-corrected chi connectivity index (χ1v) is 5.99. The van der Waals surface area contributed by atoms with Gasteiger partial charge < -0.3 is 0 Å². The summed E-state index contributed by atoms with van der Waals surface area (Å²) in [5, 5.41) is 0. The van der Waals surface area contributed by atoms with Crippen LogP contribution < -0.4 is 0 Å². The number of hydrogen-bond acceptors (Lipinski definition) is 1. The normalized spacial score (nSPS) is 10.9. The Hall–Kier alpha value is -0.400. The molecule has 0 aliphatic carbocycles. The quantitative estimate of drug-likeness (QED) is 0.536. The van der Waals surface area contributed by atoms with E-state index in [9.17, 15) is 0 Å². The minimum Gasteiger partial charge on any atom is -0.130 e. The van der Waals surface area contributed by atoms with Gasteiger partial charge in [0.25, 0.3) is 0 Å². The van der Waals surface area contributed by atoms with Gasteiger partial charge in [0.1, 0.15) is 0 Å². The van der Waals surface area contributed by atoms with Gasteiger partial charge >= 0.3 is 0 Å². The number of hydrogen-bond donors (Lipinski definition) is 0. The summed E-state index contributed by atoms with van der Waals surface area (Å²) in [5.41, 5.74) is 1.25. The van der Waals surface area contributed by atoms with Gasteiger partial charge in [-0.25, -0.2) is 0 Å². The van der Waals surface area contributed by atoms with Crippen molar-refractivity contribution in [1.82, 2.24) is 0 Å². The lowest BCUT2D eigenvalue weighted by Gasteiger charge is -1.97. The third-order valence-corrected chi connectivity index (χ3v) is 2.62. The molecule has 0 aliphatic heterocycles. The minimum atomic E-state index is 0.693. The van der Waals surface area contributed by atoms with Crippen molar-refractivity contribution in [2.45, 2.75) is 11.3 Å². The number of rotatable bonds is 4. The maximum atomic E-state index is 5.57. The second kappa shape index (κ2) is 6.11. The highest BCUT2D eigenvalue weighted by atomic mass is 35.5. The Morgan fingerprint density at radius 1 is 1.46 bits per heavy atom. The Bertz CT molecular complexity index is 281. The van der Waals surface area contributed by atoms with Gasteiger partial charge in [0.15, 0.2) is 0 Å². The summed E-state index contributed by atoms with van der Waals surface area (Å²) in [6.07, 6.45) is 7.24. The molecular weight excluding hydrogens is 200 g/mol. The zero-order valence-electron chi connectivity index (χ0n) is 7.66. The van der Waals surface area contributed by atoms with Crippen molar-refractivity contribution in [3.8, 4) is 0 Å². The molecule has 0 saturated heterocycles. The van der Waals surface area contributed by atoms with Gasteiger partial charge in [0.2, 0.25) is 0 Å². The van der Waals surface area contributed by atoms with E-state index in [0.717, 1.165) is 6.42 Å². The summed E-state index contributed by atoms with van der Waals surface area (Å²) < 4.78 is 0. The predicted octanol–water partition coefficient (Wildman–Crippen LogP) is 4.05. The van der Waals surface area contributed by atoms with E-state index in [0.29, 0.717) is 5.88 Å². The van der Waals surface area contributed by atoms with Crippen molar-refractivity contribution < 1.29 is 0 Å². The van der Waals surface area contributed by atoms with Gasteiger partial charge in [-0.1, -0.05) is 24.3 Å². The van der Waals surface area contributed by atoms with Crippen LogP contribution in [0.15, 0.2) is 35.2 Å². The van der Waals surface area contributed by atoms with Crippen LogP contribution in [0.4, 0.5) is 0 Å². The highest BCUT2D eigenvalue weighted by Crippen LogP contribution is 2.16. The largest absolute Gasteiger partial charge is 0.130 e. The van der Waals surface area contributed by atoms with E-state index in [2.05, 4.69) is 42.7 Å². The lowest BCUT2D eigenvalue weighted by atomic mass is 10.2. The summed E-state index contributed by atoms with van der Waals surface area (Å²) >= 11 is 7.33. The maximum absolute atomic E-state index is 5.57. The highest BCUT2D eigenvalue weighted by molar-refractivity contribution is 7.98. The third-order valence-electron chi connectivity index (χ3n) is 1.68. The molecule has 0 N–H and O–H groups in total. The van der Waals surface area contributed by atoms with Crippen molar-refractivity contribution in [3.05, 3.63) is 35.9 Å². The van der Waals surface area contributed by atoms with Crippen molar-refractivity contribution in [3.63, 3.8) is 0 Å². The van der Waals surface area contributed by atoms with Gasteiger partial charge in [0, 0.05) is 10.8 Å². The Labute approximate surface area is 89.0 Å². The summed E-state index contributed by atoms with van der Waals surface area (Å²) in [7, 11) is 0. The Kier molecular flexibility index (Phi) is 5.02. The topological polar surface area (TPSA) is 0 Å². The third kappa shape index (κ3) is 3.88. The summed E-state index contributed by atoms with van der Waals surface area (Å²) in [4.78, 5) is 1.30. The minimum absolute atomic E-state index is 0.693. The van der Waals surface area contributed by atoms with E-state index in [1.165, 1.54) is 10.5 Å². The lowest BCUT2D eigenvalue weighted by Crippen LogP contribution is -1.74. The van der Waals surface area contributed by atoms with Crippen LogP contribution in [0.1, 0.15) is 12.0 Å². The van der Waals surface area contributed by atoms with Crippen LogP contribution >= 0.6 is 23.4 Å². The molecule has 0 radical (unpaired) electrons. The number of halogens is 1. The molecule has 0 fully saturated rings. The first-order valence-electron chi connectivity index (χ1n) is 4.23. The summed E-state index contributed by atoms with van der Waals surface area (Å²) in [6.45, 7) is 0. The maximum Gasteiger partial charge on any atom is 0.0258 e. The van der Waals surface area contributed by atoms with Crippen molar-refractivity contribution in [2.24, 2.45) is 0 Å². The van der Waals surface area contributed by atoms with Crippen LogP contribution in [0.5, 0.6) is 0 Å². The standard InChI is InChI=1S/C11H13ClS/c1-13-11-7-4-6-10(9-11)5-2-3-8-12/h2,4-7,9H,3,8H2,1H3. The molecule has 0 bridgehead atoms. The smallest absolute Gasteiger partial charge is 0.0258 e. The van der Waals surface area contributed by atoms with Crippen LogP contribution in [0, 0.1) is 0 Å². The van der Waals surface area contributed by atoms with Crippen LogP contribution in [0.2, 0.25) is 0 Å². The number of alkyl halides is 1. The van der Waals surface area contributed by atoms with Crippen LogP contribution in [0.3, 0.4) is 0 Å². The van der Waals surface area contributed by atoms with E-state index in [1.807, 2.05) is 0 Å². The van der Waals surface area contributed by atoms with E-state index >= 15 is 0 Å². The average molecular weight is 213 g/mol. The Balaban J connectivity index is 2.66. The van der Waals surface area contributed by atoms with Gasteiger partial charge in [-0.3, -0.25) is 0 Å². The average Bonchev–Trinajstić information content (AvgIpc) is 2.19. The molecule has 13 heavy (non-hydrogen) atoms. The molecule has 0 amide bonds. The molecule has 70 valence electrons. The molecule has 0 aromatic heterocycles. The molecule has 2 heteroatoms. The van der Waals surface area contributed by atoms with E-state index in [-0.39, 0.29) is 0 Å². The number of allylic oxidation sites excluding steroid dienone is 1. The van der Waals surface area contributed by atoms with Gasteiger partial charge in [-0.2, -0.15) is 0 Å². The fourth-order valence-corrected chi connectivity index (χ4v) is 1.62. The summed E-state index contributed by atoms with van der Waals surface area (Å²) in [5.74, 6) is 0.693. The molecule has 0 heterocycles. The molecule has 0 aliphatic rings. The lowest BCUT2D eigenvalue weighted by molar-refractivity contribution is 1.24. The molecule has 1 rings (SSSR count). The molecule has 0 saturated carbocycles. The van der Waals surface area contributed by atoms with Gasteiger partial charge in [-0.15, -0.1) is 23.4 Å². The molecule has 0 atom stereocenters. The van der Waals surface area contributed by atoms with Crippen molar-refractivity contribution >= 4 is 29.4 Å². The number of benzene rings is 1. The van der Waals surface area contributed by atoms with Crippen LogP contribution in [0.25, 0.3) is 6.08 Å². The zero-order chi connectivity index (χ0) is 9.52. The Morgan fingerprint density at radius 2 is 2.31 bits per heavy atom. The molecule has 1 aromatic carbocycles. The number of thioether (sulfide) groups is 1. The fourth-order valence-electron chi connectivity index (χ4n) is 1.03. The van der Waals surface area contributed by atoms with Crippen LogP contribution in [-0.4, -0.2) is 12.1 Å². The second-order valence-corrected chi connectivity index (χ2v) is 3.91.